The highest BCUT2D eigenvalue weighted by molar-refractivity contribution is 5.24. The maximum atomic E-state index is 3.67. The molecule has 0 amide bonds. The van der Waals surface area contributed by atoms with E-state index in [0.29, 0.717) is 6.04 Å². The maximum absolute atomic E-state index is 3.67. The summed E-state index contributed by atoms with van der Waals surface area (Å²) >= 11 is 0. The molecule has 2 saturated heterocycles. The lowest BCUT2D eigenvalue weighted by atomic mass is 9.93. The Morgan fingerprint density at radius 1 is 1.15 bits per heavy atom. The van der Waals surface area contributed by atoms with E-state index in [-0.39, 0.29) is 0 Å². The molecule has 2 aliphatic rings. The van der Waals surface area contributed by atoms with Crippen LogP contribution in [0.15, 0.2) is 24.3 Å². The molecule has 1 aromatic rings. The van der Waals surface area contributed by atoms with E-state index < -0.39 is 0 Å². The summed E-state index contributed by atoms with van der Waals surface area (Å²) < 4.78 is 0. The number of aryl methyl sites for hydroxylation is 1. The van der Waals surface area contributed by atoms with E-state index in [4.69, 9.17) is 0 Å². The number of nitrogens with one attached hydrogen (secondary N) is 1. The Hall–Kier alpha value is -0.860. The van der Waals surface area contributed by atoms with Crippen molar-refractivity contribution in [3.63, 3.8) is 0 Å². The van der Waals surface area contributed by atoms with Crippen LogP contribution in [0.2, 0.25) is 0 Å². The van der Waals surface area contributed by atoms with Crippen molar-refractivity contribution in [3.05, 3.63) is 35.4 Å². The zero-order valence-electron chi connectivity index (χ0n) is 13.1. The number of rotatable bonds is 4. The van der Waals surface area contributed by atoms with Crippen LogP contribution in [0.25, 0.3) is 0 Å². The number of nitrogens with zero attached hydrogens (tertiary/aromatic N) is 1. The minimum atomic E-state index is 0.565. The highest BCUT2D eigenvalue weighted by Gasteiger charge is 2.42. The summed E-state index contributed by atoms with van der Waals surface area (Å²) in [5.41, 5.74) is 2.84. The van der Waals surface area contributed by atoms with Crippen LogP contribution < -0.4 is 5.32 Å². The first-order chi connectivity index (χ1) is 9.69. The van der Waals surface area contributed by atoms with E-state index in [0.717, 1.165) is 24.7 Å². The first-order valence-corrected chi connectivity index (χ1v) is 8.26. The average molecular weight is 272 g/mol. The van der Waals surface area contributed by atoms with Gasteiger partial charge in [-0.1, -0.05) is 36.8 Å². The molecule has 0 saturated carbocycles. The van der Waals surface area contributed by atoms with Gasteiger partial charge in [-0.3, -0.25) is 4.90 Å². The number of hydrogen-bond donors (Lipinski definition) is 1. The molecule has 2 heterocycles. The maximum Gasteiger partial charge on any atom is 0.0325 e. The average Bonchev–Trinajstić information content (AvgIpc) is 2.71. The van der Waals surface area contributed by atoms with Gasteiger partial charge in [0.05, 0.1) is 0 Å². The van der Waals surface area contributed by atoms with Crippen molar-refractivity contribution in [1.82, 2.24) is 10.2 Å². The quantitative estimate of drug-likeness (QED) is 0.900. The Morgan fingerprint density at radius 2 is 1.75 bits per heavy atom. The van der Waals surface area contributed by atoms with Crippen molar-refractivity contribution in [3.8, 4) is 0 Å². The number of benzene rings is 1. The molecule has 2 heteroatoms. The van der Waals surface area contributed by atoms with Crippen LogP contribution in [-0.2, 0) is 0 Å². The second kappa shape index (κ2) is 5.87. The molecule has 2 aliphatic heterocycles. The highest BCUT2D eigenvalue weighted by atomic mass is 15.3. The van der Waals surface area contributed by atoms with E-state index in [2.05, 4.69) is 55.3 Å². The van der Waals surface area contributed by atoms with Gasteiger partial charge in [-0.05, 0) is 51.6 Å². The number of piperidine rings is 1. The molecule has 0 aliphatic carbocycles. The van der Waals surface area contributed by atoms with Gasteiger partial charge in [-0.2, -0.15) is 0 Å². The number of hydrogen-bond acceptors (Lipinski definition) is 2. The molecule has 2 fully saturated rings. The molecule has 1 aromatic carbocycles. The standard InChI is InChI=1S/C18H28N2/c1-4-19-16-11-17-9-10-18(12-16)20(17)14(3)15-7-5-13(2)6-8-15/h5-8,14,16-19H,4,9-12H2,1-3H3. The minimum absolute atomic E-state index is 0.565. The van der Waals surface area contributed by atoms with Crippen molar-refractivity contribution in [1.29, 1.82) is 0 Å². The fourth-order valence-corrected chi connectivity index (χ4v) is 4.32. The number of fused-ring (bicyclic) bond motifs is 2. The summed E-state index contributed by atoms with van der Waals surface area (Å²) in [7, 11) is 0. The third kappa shape index (κ3) is 2.64. The highest BCUT2D eigenvalue weighted by Crippen LogP contribution is 2.41. The molecule has 2 bridgehead atoms. The Kier molecular flexibility index (Phi) is 4.13. The summed E-state index contributed by atoms with van der Waals surface area (Å²) in [6, 6.07) is 12.0. The monoisotopic (exact) mass is 272 g/mol. The molecule has 0 radical (unpaired) electrons. The molecular formula is C18H28N2. The van der Waals surface area contributed by atoms with Gasteiger partial charge in [0.25, 0.3) is 0 Å². The summed E-state index contributed by atoms with van der Waals surface area (Å²) in [6.07, 6.45) is 5.45. The van der Waals surface area contributed by atoms with Gasteiger partial charge >= 0.3 is 0 Å². The van der Waals surface area contributed by atoms with Crippen LogP contribution in [0.1, 0.15) is 56.7 Å². The Balaban J connectivity index is 1.73. The normalized spacial score (nSPS) is 31.4. The van der Waals surface area contributed by atoms with Crippen molar-refractivity contribution in [2.45, 2.75) is 70.6 Å². The molecule has 3 atom stereocenters. The molecule has 1 N–H and O–H groups in total. The lowest BCUT2D eigenvalue weighted by molar-refractivity contribution is 0.0775. The van der Waals surface area contributed by atoms with E-state index in [1.807, 2.05) is 0 Å². The molecule has 2 nitrogen and oxygen atoms in total. The van der Waals surface area contributed by atoms with Gasteiger partial charge in [0, 0.05) is 24.2 Å². The van der Waals surface area contributed by atoms with Gasteiger partial charge in [0.1, 0.15) is 0 Å². The van der Waals surface area contributed by atoms with E-state index >= 15 is 0 Å². The fourth-order valence-electron chi connectivity index (χ4n) is 4.32. The fraction of sp³-hybridized carbons (Fsp3) is 0.667. The molecular weight excluding hydrogens is 244 g/mol. The Bertz CT molecular complexity index is 425. The summed E-state index contributed by atoms with van der Waals surface area (Å²) in [6.45, 7) is 7.89. The smallest absolute Gasteiger partial charge is 0.0325 e. The van der Waals surface area contributed by atoms with Crippen LogP contribution in [-0.4, -0.2) is 29.6 Å². The van der Waals surface area contributed by atoms with E-state index in [9.17, 15) is 0 Å². The molecule has 0 spiro atoms. The lowest BCUT2D eigenvalue weighted by Gasteiger charge is -2.43. The van der Waals surface area contributed by atoms with Gasteiger partial charge in [0.2, 0.25) is 0 Å². The van der Waals surface area contributed by atoms with E-state index in [1.165, 1.54) is 36.8 Å². The van der Waals surface area contributed by atoms with Gasteiger partial charge < -0.3 is 5.32 Å². The van der Waals surface area contributed by atoms with Crippen molar-refractivity contribution < 1.29 is 0 Å². The van der Waals surface area contributed by atoms with Crippen LogP contribution in [0, 0.1) is 6.92 Å². The van der Waals surface area contributed by atoms with E-state index in [1.54, 1.807) is 0 Å². The second-order valence-corrected chi connectivity index (χ2v) is 6.64. The Labute approximate surface area is 123 Å². The molecule has 110 valence electrons. The SMILES string of the molecule is CCNC1CC2CCC(C1)N2C(C)c1ccc(C)cc1. The predicted octanol–water partition coefficient (Wildman–Crippen LogP) is 3.66. The first kappa shape index (κ1) is 14.1. The predicted molar refractivity (Wildman–Crippen MR) is 84.9 cm³/mol. The lowest BCUT2D eigenvalue weighted by Crippen LogP contribution is -2.49. The van der Waals surface area contributed by atoms with Crippen LogP contribution in [0.4, 0.5) is 0 Å². The third-order valence-corrected chi connectivity index (χ3v) is 5.29. The third-order valence-electron chi connectivity index (χ3n) is 5.29. The zero-order chi connectivity index (χ0) is 14.1. The van der Waals surface area contributed by atoms with Crippen molar-refractivity contribution in [2.24, 2.45) is 0 Å². The van der Waals surface area contributed by atoms with Gasteiger partial charge in [0.15, 0.2) is 0 Å². The minimum Gasteiger partial charge on any atom is -0.314 e. The van der Waals surface area contributed by atoms with Gasteiger partial charge in [-0.15, -0.1) is 0 Å². The second-order valence-electron chi connectivity index (χ2n) is 6.64. The van der Waals surface area contributed by atoms with Crippen molar-refractivity contribution >= 4 is 0 Å². The van der Waals surface area contributed by atoms with Gasteiger partial charge in [-0.25, -0.2) is 0 Å². The molecule has 3 unspecified atom stereocenters. The first-order valence-electron chi connectivity index (χ1n) is 8.26. The summed E-state index contributed by atoms with van der Waals surface area (Å²) in [5, 5.41) is 3.67. The summed E-state index contributed by atoms with van der Waals surface area (Å²) in [4.78, 5) is 2.80. The van der Waals surface area contributed by atoms with Crippen molar-refractivity contribution in [2.75, 3.05) is 6.54 Å². The Morgan fingerprint density at radius 3 is 2.30 bits per heavy atom. The zero-order valence-corrected chi connectivity index (χ0v) is 13.1. The largest absolute Gasteiger partial charge is 0.314 e. The van der Waals surface area contributed by atoms with Crippen LogP contribution >= 0.6 is 0 Å². The molecule has 0 aromatic heterocycles. The molecule has 3 rings (SSSR count). The topological polar surface area (TPSA) is 15.3 Å². The van der Waals surface area contributed by atoms with Crippen LogP contribution in [0.3, 0.4) is 0 Å². The molecule has 20 heavy (non-hydrogen) atoms. The summed E-state index contributed by atoms with van der Waals surface area (Å²) in [5.74, 6) is 0. The van der Waals surface area contributed by atoms with Crippen LogP contribution in [0.5, 0.6) is 0 Å².